The van der Waals surface area contributed by atoms with Gasteiger partial charge < -0.3 is 15.9 Å². The lowest BCUT2D eigenvalue weighted by Gasteiger charge is -2.08. The molecular formula is C14H11N3O3S. The van der Waals surface area contributed by atoms with Gasteiger partial charge in [0, 0.05) is 10.8 Å². The normalized spacial score (nSPS) is 10.9. The van der Waals surface area contributed by atoms with Crippen LogP contribution in [-0.2, 0) is 0 Å². The van der Waals surface area contributed by atoms with E-state index in [0.29, 0.717) is 21.5 Å². The van der Waals surface area contributed by atoms with Crippen molar-refractivity contribution in [2.24, 2.45) is 0 Å². The lowest BCUT2D eigenvalue weighted by Crippen LogP contribution is -2.22. The lowest BCUT2D eigenvalue weighted by molar-refractivity contribution is 0.475. The van der Waals surface area contributed by atoms with E-state index in [1.165, 1.54) is 23.5 Å². The van der Waals surface area contributed by atoms with Crippen LogP contribution >= 0.6 is 11.3 Å². The van der Waals surface area contributed by atoms with Gasteiger partial charge in [0.25, 0.3) is 5.56 Å². The molecule has 7 heteroatoms. The average molecular weight is 301 g/mol. The maximum Gasteiger partial charge on any atom is 0.282 e. The Labute approximate surface area is 123 Å². The summed E-state index contributed by atoms with van der Waals surface area (Å²) in [4.78, 5) is 12.5. The van der Waals surface area contributed by atoms with Gasteiger partial charge in [-0.05, 0) is 24.3 Å². The minimum absolute atomic E-state index is 0.0784. The maximum absolute atomic E-state index is 12.5. The third-order valence-electron chi connectivity index (χ3n) is 3.05. The van der Waals surface area contributed by atoms with E-state index < -0.39 is 0 Å². The van der Waals surface area contributed by atoms with Crippen LogP contribution in [0.15, 0.2) is 41.0 Å². The fourth-order valence-electron chi connectivity index (χ4n) is 2.05. The molecule has 0 spiro atoms. The number of aromatic hydroxyl groups is 1. The van der Waals surface area contributed by atoms with Crippen molar-refractivity contribution in [3.05, 3.63) is 52.3 Å². The van der Waals surface area contributed by atoms with Crippen molar-refractivity contribution in [2.75, 3.05) is 5.73 Å². The fourth-order valence-corrected chi connectivity index (χ4v) is 2.84. The number of aromatic nitrogens is 2. The molecule has 2 aromatic heterocycles. The van der Waals surface area contributed by atoms with E-state index in [0.717, 1.165) is 4.68 Å². The zero-order valence-electron chi connectivity index (χ0n) is 10.8. The lowest BCUT2D eigenvalue weighted by atomic mass is 10.2. The molecule has 0 saturated carbocycles. The molecule has 3 aromatic rings. The van der Waals surface area contributed by atoms with E-state index in [9.17, 15) is 15.0 Å². The quantitative estimate of drug-likeness (QED) is 0.630. The van der Waals surface area contributed by atoms with Crippen LogP contribution in [0.2, 0.25) is 0 Å². The van der Waals surface area contributed by atoms with Crippen LogP contribution in [0, 0.1) is 0 Å². The number of nitrogen functional groups attached to an aromatic ring is 1. The Bertz CT molecular complexity index is 910. The van der Waals surface area contributed by atoms with Crippen molar-refractivity contribution >= 4 is 32.9 Å². The van der Waals surface area contributed by atoms with Crippen LogP contribution in [-0.4, -0.2) is 20.0 Å². The second-order valence-electron chi connectivity index (χ2n) is 4.42. The number of nitrogens with zero attached hydrogens (tertiary/aromatic N) is 2. The molecule has 21 heavy (non-hydrogen) atoms. The molecule has 0 aliphatic rings. The van der Waals surface area contributed by atoms with E-state index in [4.69, 9.17) is 5.73 Å². The molecule has 6 nitrogen and oxygen atoms in total. The number of thiophene rings is 1. The number of fused-ring (bicyclic) bond motifs is 1. The fraction of sp³-hybridized carbons (Fsp3) is 0. The summed E-state index contributed by atoms with van der Waals surface area (Å²) >= 11 is 1.20. The van der Waals surface area contributed by atoms with Gasteiger partial charge in [0.1, 0.15) is 17.2 Å². The summed E-state index contributed by atoms with van der Waals surface area (Å²) in [5.74, 6) is -0.167. The number of aliphatic hydroxyl groups is 1. The number of aliphatic hydroxyl groups excluding tert-OH is 1. The smallest absolute Gasteiger partial charge is 0.282 e. The van der Waals surface area contributed by atoms with Gasteiger partial charge in [-0.1, -0.05) is 6.58 Å². The standard InChI is InChI=1S/C14H11N3O3S/c1-7(18)12-10-6-21-13(15)11(10)14(20)17(16-12)8-2-4-9(19)5-3-8/h2-6,18-19H,1,15H2. The van der Waals surface area contributed by atoms with Gasteiger partial charge in [-0.25, -0.2) is 0 Å². The van der Waals surface area contributed by atoms with Crippen molar-refractivity contribution in [3.8, 4) is 11.4 Å². The minimum Gasteiger partial charge on any atom is -0.508 e. The Morgan fingerprint density at radius 1 is 1.33 bits per heavy atom. The molecule has 0 fully saturated rings. The van der Waals surface area contributed by atoms with Crippen molar-refractivity contribution in [2.45, 2.75) is 0 Å². The zero-order chi connectivity index (χ0) is 15.1. The number of hydrogen-bond donors (Lipinski definition) is 3. The number of anilines is 1. The second-order valence-corrected chi connectivity index (χ2v) is 5.33. The van der Waals surface area contributed by atoms with Crippen LogP contribution < -0.4 is 11.3 Å². The van der Waals surface area contributed by atoms with E-state index >= 15 is 0 Å². The van der Waals surface area contributed by atoms with Crippen LogP contribution in [0.5, 0.6) is 5.75 Å². The largest absolute Gasteiger partial charge is 0.508 e. The molecule has 0 bridgehead atoms. The molecule has 4 N–H and O–H groups in total. The summed E-state index contributed by atoms with van der Waals surface area (Å²) in [6.45, 7) is 3.46. The van der Waals surface area contributed by atoms with Crippen molar-refractivity contribution in [3.63, 3.8) is 0 Å². The average Bonchev–Trinajstić information content (AvgIpc) is 2.83. The third-order valence-corrected chi connectivity index (χ3v) is 3.86. The summed E-state index contributed by atoms with van der Waals surface area (Å²) in [6.07, 6.45) is 0. The number of phenols is 1. The Balaban J connectivity index is 2.40. The van der Waals surface area contributed by atoms with Crippen molar-refractivity contribution < 1.29 is 10.2 Å². The van der Waals surface area contributed by atoms with Crippen molar-refractivity contribution in [1.29, 1.82) is 0 Å². The summed E-state index contributed by atoms with van der Waals surface area (Å²) < 4.78 is 1.13. The summed E-state index contributed by atoms with van der Waals surface area (Å²) in [5, 5.41) is 25.9. The maximum atomic E-state index is 12.5. The van der Waals surface area contributed by atoms with E-state index in [1.807, 2.05) is 0 Å². The van der Waals surface area contributed by atoms with E-state index in [-0.39, 0.29) is 22.8 Å². The highest BCUT2D eigenvalue weighted by molar-refractivity contribution is 7.15. The molecule has 1 aromatic carbocycles. The number of rotatable bonds is 2. The number of benzene rings is 1. The molecule has 0 radical (unpaired) electrons. The van der Waals surface area contributed by atoms with Gasteiger partial charge in [-0.3, -0.25) is 4.79 Å². The highest BCUT2D eigenvalue weighted by atomic mass is 32.1. The molecule has 0 atom stereocenters. The van der Waals surface area contributed by atoms with Crippen LogP contribution in [0.1, 0.15) is 5.69 Å². The number of nitrogens with two attached hydrogens (primary N) is 1. The third kappa shape index (κ3) is 2.03. The summed E-state index contributed by atoms with van der Waals surface area (Å²) in [6, 6.07) is 5.97. The molecule has 106 valence electrons. The highest BCUT2D eigenvalue weighted by Gasteiger charge is 2.17. The zero-order valence-corrected chi connectivity index (χ0v) is 11.6. The SMILES string of the molecule is C=C(O)c1nn(-c2ccc(O)cc2)c(=O)c2c(N)scc12. The number of phenolic OH excluding ortho intramolecular Hbond substituents is 1. The Morgan fingerprint density at radius 2 is 2.00 bits per heavy atom. The predicted octanol–water partition coefficient (Wildman–Crippen LogP) is 2.26. The van der Waals surface area contributed by atoms with Crippen LogP contribution in [0.3, 0.4) is 0 Å². The molecule has 0 unspecified atom stereocenters. The van der Waals surface area contributed by atoms with Gasteiger partial charge in [0.15, 0.2) is 0 Å². The molecule has 0 saturated heterocycles. The van der Waals surface area contributed by atoms with Gasteiger partial charge >= 0.3 is 0 Å². The summed E-state index contributed by atoms with van der Waals surface area (Å²) in [7, 11) is 0. The van der Waals surface area contributed by atoms with Crippen LogP contribution in [0.4, 0.5) is 5.00 Å². The summed E-state index contributed by atoms with van der Waals surface area (Å²) in [5.41, 5.74) is 6.11. The van der Waals surface area contributed by atoms with Gasteiger partial charge in [-0.15, -0.1) is 11.3 Å². The Hall–Kier alpha value is -2.80. The topological polar surface area (TPSA) is 101 Å². The first kappa shape index (κ1) is 13.2. The van der Waals surface area contributed by atoms with Gasteiger partial charge in [0.05, 0.1) is 16.1 Å². The van der Waals surface area contributed by atoms with E-state index in [1.54, 1.807) is 17.5 Å². The van der Waals surface area contributed by atoms with E-state index in [2.05, 4.69) is 11.7 Å². The Morgan fingerprint density at radius 3 is 2.62 bits per heavy atom. The molecule has 0 aliphatic carbocycles. The van der Waals surface area contributed by atoms with Crippen molar-refractivity contribution in [1.82, 2.24) is 9.78 Å². The molecule has 2 heterocycles. The first-order valence-electron chi connectivity index (χ1n) is 5.96. The Kier molecular flexibility index (Phi) is 2.91. The van der Waals surface area contributed by atoms with Crippen LogP contribution in [0.25, 0.3) is 22.2 Å². The first-order valence-corrected chi connectivity index (χ1v) is 6.84. The predicted molar refractivity (Wildman–Crippen MR) is 83.0 cm³/mol. The minimum atomic E-state index is -0.389. The van der Waals surface area contributed by atoms with Gasteiger partial charge in [-0.2, -0.15) is 9.78 Å². The molecule has 0 aliphatic heterocycles. The second kappa shape index (κ2) is 4.64. The monoisotopic (exact) mass is 301 g/mol. The molecule has 0 amide bonds. The molecule has 3 rings (SSSR count). The molecular weight excluding hydrogens is 290 g/mol. The van der Waals surface area contributed by atoms with Gasteiger partial charge in [0.2, 0.25) is 0 Å². The highest BCUT2D eigenvalue weighted by Crippen LogP contribution is 2.29. The first-order chi connectivity index (χ1) is 9.99. The number of hydrogen-bond acceptors (Lipinski definition) is 6.